The molecule has 6 nitrogen and oxygen atoms in total. The second-order valence-corrected chi connectivity index (χ2v) is 8.30. The van der Waals surface area contributed by atoms with Gasteiger partial charge in [0.05, 0.1) is 7.11 Å². The molecular weight excluding hydrogens is 409 g/mol. The van der Waals surface area contributed by atoms with Crippen molar-refractivity contribution in [3.05, 3.63) is 59.7 Å². The number of benzene rings is 2. The molecule has 3 rings (SSSR count). The molecule has 0 aromatic heterocycles. The van der Waals surface area contributed by atoms with E-state index < -0.39 is 28.1 Å². The van der Waals surface area contributed by atoms with Crippen LogP contribution in [-0.4, -0.2) is 33.7 Å². The summed E-state index contributed by atoms with van der Waals surface area (Å²) in [6, 6.07) is 7.97. The van der Waals surface area contributed by atoms with Crippen LogP contribution in [0.15, 0.2) is 53.4 Å². The highest BCUT2D eigenvalue weighted by Crippen LogP contribution is 2.33. The fraction of sp³-hybridized carbons (Fsp3) is 0.316. The first-order valence-corrected chi connectivity index (χ1v) is 10.2. The Morgan fingerprint density at radius 2 is 1.79 bits per heavy atom. The van der Waals surface area contributed by atoms with Crippen LogP contribution in [0.5, 0.6) is 5.75 Å². The average Bonchev–Trinajstić information content (AvgIpc) is 3.48. The monoisotopic (exact) mass is 428 g/mol. The third kappa shape index (κ3) is 5.07. The highest BCUT2D eigenvalue weighted by molar-refractivity contribution is 7.89. The molecule has 0 bridgehead atoms. The summed E-state index contributed by atoms with van der Waals surface area (Å²) in [5, 5.41) is 1.94. The van der Waals surface area contributed by atoms with Crippen LogP contribution in [0.4, 0.5) is 13.2 Å². The number of hydrogen-bond donors (Lipinski definition) is 2. The Morgan fingerprint density at radius 3 is 2.34 bits per heavy atom. The second kappa shape index (κ2) is 8.03. The van der Waals surface area contributed by atoms with Crippen LogP contribution in [0.25, 0.3) is 0 Å². The van der Waals surface area contributed by atoms with Gasteiger partial charge in [-0.25, -0.2) is 13.1 Å². The van der Waals surface area contributed by atoms with E-state index in [9.17, 15) is 26.4 Å². The molecule has 1 unspecified atom stereocenters. The number of alkyl halides is 3. The number of sulfonamides is 1. The largest absolute Gasteiger partial charge is 0.495 e. The van der Waals surface area contributed by atoms with Gasteiger partial charge in [0.1, 0.15) is 10.6 Å². The quantitative estimate of drug-likeness (QED) is 0.710. The molecule has 0 heterocycles. The minimum absolute atomic E-state index is 0.00914. The van der Waals surface area contributed by atoms with E-state index in [1.54, 1.807) is 6.07 Å². The molecule has 0 radical (unpaired) electrons. The third-order valence-corrected chi connectivity index (χ3v) is 5.89. The molecule has 1 aliphatic rings. The van der Waals surface area contributed by atoms with Crippen molar-refractivity contribution in [2.45, 2.75) is 36.0 Å². The Bertz CT molecular complexity index is 990. The Kier molecular flexibility index (Phi) is 5.85. The van der Waals surface area contributed by atoms with Gasteiger partial charge in [-0.1, -0.05) is 30.3 Å². The van der Waals surface area contributed by atoms with E-state index in [1.807, 2.05) is 5.32 Å². The average molecular weight is 428 g/mol. The number of hydrogen-bond acceptors (Lipinski definition) is 4. The highest BCUT2D eigenvalue weighted by atomic mass is 32.2. The van der Waals surface area contributed by atoms with Crippen LogP contribution in [0.3, 0.4) is 0 Å². The zero-order chi connectivity index (χ0) is 21.2. The Morgan fingerprint density at radius 1 is 1.14 bits per heavy atom. The van der Waals surface area contributed by atoms with Gasteiger partial charge in [0.15, 0.2) is 6.04 Å². The van der Waals surface area contributed by atoms with Crippen LogP contribution in [0.2, 0.25) is 0 Å². The van der Waals surface area contributed by atoms with E-state index in [2.05, 4.69) is 4.72 Å². The number of methoxy groups -OCH3 is 1. The lowest BCUT2D eigenvalue weighted by atomic mass is 10.1. The molecule has 0 saturated heterocycles. The maximum atomic E-state index is 13.5. The molecule has 29 heavy (non-hydrogen) atoms. The van der Waals surface area contributed by atoms with E-state index in [-0.39, 0.29) is 27.8 Å². The summed E-state index contributed by atoms with van der Waals surface area (Å²) in [6.07, 6.45) is -3.33. The highest BCUT2D eigenvalue weighted by Gasteiger charge is 2.42. The van der Waals surface area contributed by atoms with E-state index in [0.29, 0.717) is 12.8 Å². The van der Waals surface area contributed by atoms with Crippen molar-refractivity contribution < 1.29 is 31.1 Å². The number of nitrogens with one attached hydrogen (secondary N) is 2. The summed E-state index contributed by atoms with van der Waals surface area (Å²) in [5.41, 5.74) is -0.364. The summed E-state index contributed by atoms with van der Waals surface area (Å²) in [7, 11) is -2.72. The van der Waals surface area contributed by atoms with Crippen molar-refractivity contribution in [2.24, 2.45) is 0 Å². The fourth-order valence-corrected chi connectivity index (χ4v) is 4.23. The van der Waals surface area contributed by atoms with Gasteiger partial charge >= 0.3 is 6.18 Å². The number of carbonyl (C=O) groups is 1. The Balaban J connectivity index is 1.91. The zero-order valence-electron chi connectivity index (χ0n) is 15.4. The molecule has 10 heteroatoms. The molecule has 156 valence electrons. The van der Waals surface area contributed by atoms with E-state index in [0.717, 1.165) is 6.07 Å². The SMILES string of the molecule is COc1ccc(C(=O)NC(c2ccccc2)C(F)(F)F)cc1S(=O)(=O)NC1CC1. The molecule has 2 N–H and O–H groups in total. The molecule has 2 aromatic carbocycles. The summed E-state index contributed by atoms with van der Waals surface area (Å²) < 4.78 is 73.0. The molecule has 1 saturated carbocycles. The summed E-state index contributed by atoms with van der Waals surface area (Å²) in [6.45, 7) is 0. The molecule has 2 aromatic rings. The molecule has 0 aliphatic heterocycles. The number of halogens is 3. The lowest BCUT2D eigenvalue weighted by Crippen LogP contribution is -2.38. The van der Waals surface area contributed by atoms with Gasteiger partial charge in [-0.2, -0.15) is 13.2 Å². The number of rotatable bonds is 7. The van der Waals surface area contributed by atoms with Gasteiger partial charge in [0, 0.05) is 11.6 Å². The predicted molar refractivity (Wildman–Crippen MR) is 99.0 cm³/mol. The lowest BCUT2D eigenvalue weighted by molar-refractivity contribution is -0.155. The minimum Gasteiger partial charge on any atom is -0.495 e. The standard InChI is InChI=1S/C19H19F3N2O4S/c1-28-15-10-7-13(11-16(15)29(26,27)24-14-8-9-14)18(25)23-17(19(20,21)22)12-5-3-2-4-6-12/h2-7,10-11,14,17,24H,8-9H2,1H3,(H,23,25). The first kappa shape index (κ1) is 21.1. The van der Waals surface area contributed by atoms with Gasteiger partial charge in [-0.05, 0) is 36.6 Å². The first-order valence-electron chi connectivity index (χ1n) is 8.74. The maximum Gasteiger partial charge on any atom is 0.412 e. The first-order chi connectivity index (χ1) is 13.6. The number of amides is 1. The Hall–Kier alpha value is -2.59. The van der Waals surface area contributed by atoms with Crippen LogP contribution < -0.4 is 14.8 Å². The predicted octanol–water partition coefficient (Wildman–Crippen LogP) is 3.17. The molecule has 1 atom stereocenters. The van der Waals surface area contributed by atoms with Gasteiger partial charge < -0.3 is 10.1 Å². The topological polar surface area (TPSA) is 84.5 Å². The number of ether oxygens (including phenoxy) is 1. The third-order valence-electron chi connectivity index (χ3n) is 4.35. The molecule has 1 aliphatic carbocycles. The minimum atomic E-state index is -4.73. The van der Waals surface area contributed by atoms with Crippen LogP contribution >= 0.6 is 0 Å². The Labute approximate surface area is 166 Å². The maximum absolute atomic E-state index is 13.5. The summed E-state index contributed by atoms with van der Waals surface area (Å²) in [5.74, 6) is -1.06. The van der Waals surface area contributed by atoms with Gasteiger partial charge in [-0.3, -0.25) is 4.79 Å². The van der Waals surface area contributed by atoms with Crippen molar-refractivity contribution >= 4 is 15.9 Å². The van der Waals surface area contributed by atoms with Gasteiger partial charge in [0.2, 0.25) is 10.0 Å². The second-order valence-electron chi connectivity index (χ2n) is 6.62. The molecule has 0 spiro atoms. The number of carbonyl (C=O) groups excluding carboxylic acids is 1. The summed E-state index contributed by atoms with van der Waals surface area (Å²) in [4.78, 5) is 12.2. The zero-order valence-corrected chi connectivity index (χ0v) is 16.2. The van der Waals surface area contributed by atoms with Crippen molar-refractivity contribution in [2.75, 3.05) is 7.11 Å². The van der Waals surface area contributed by atoms with Crippen LogP contribution in [-0.2, 0) is 10.0 Å². The normalized spacial score (nSPS) is 15.6. The van der Waals surface area contributed by atoms with Gasteiger partial charge in [0.25, 0.3) is 5.91 Å². The lowest BCUT2D eigenvalue weighted by Gasteiger charge is -2.22. The molecular formula is C19H19F3N2O4S. The molecule has 1 fully saturated rings. The van der Waals surface area contributed by atoms with E-state index in [1.165, 1.54) is 43.5 Å². The summed E-state index contributed by atoms with van der Waals surface area (Å²) >= 11 is 0. The van der Waals surface area contributed by atoms with Crippen LogP contribution in [0, 0.1) is 0 Å². The van der Waals surface area contributed by atoms with Crippen molar-refractivity contribution in [1.29, 1.82) is 0 Å². The van der Waals surface area contributed by atoms with Crippen molar-refractivity contribution in [3.63, 3.8) is 0 Å². The smallest absolute Gasteiger partial charge is 0.412 e. The van der Waals surface area contributed by atoms with Crippen molar-refractivity contribution in [1.82, 2.24) is 10.0 Å². The van der Waals surface area contributed by atoms with Crippen LogP contribution in [0.1, 0.15) is 34.8 Å². The fourth-order valence-electron chi connectivity index (χ4n) is 2.73. The van der Waals surface area contributed by atoms with E-state index >= 15 is 0 Å². The van der Waals surface area contributed by atoms with Gasteiger partial charge in [-0.15, -0.1) is 0 Å². The van der Waals surface area contributed by atoms with E-state index in [4.69, 9.17) is 4.74 Å². The molecule has 1 amide bonds. The van der Waals surface area contributed by atoms with Crippen molar-refractivity contribution in [3.8, 4) is 5.75 Å².